The number of aromatic nitrogens is 4. The number of imidazole rings is 1. The Morgan fingerprint density at radius 2 is 1.85 bits per heavy atom. The molecule has 1 fully saturated rings. The Morgan fingerprint density at radius 1 is 1.10 bits per heavy atom. The molecule has 11 heteroatoms. The first-order chi connectivity index (χ1) is 18.6. The van der Waals surface area contributed by atoms with Gasteiger partial charge in [0.2, 0.25) is 5.95 Å². The van der Waals surface area contributed by atoms with Crippen LogP contribution in [-0.2, 0) is 16.5 Å². The largest absolute Gasteiger partial charge is 0.459 e. The molecule has 5 rings (SSSR count). The minimum absolute atomic E-state index is 0.174. The Balaban J connectivity index is 1.27. The summed E-state index contributed by atoms with van der Waals surface area (Å²) < 4.78 is 46.4. The predicted molar refractivity (Wildman–Crippen MR) is 137 cm³/mol. The summed E-state index contributed by atoms with van der Waals surface area (Å²) in [4.78, 5) is 24.3. The first kappa shape index (κ1) is 26.4. The molecule has 1 saturated carbocycles. The van der Waals surface area contributed by atoms with E-state index in [1.54, 1.807) is 53.5 Å². The van der Waals surface area contributed by atoms with Crippen molar-refractivity contribution in [1.29, 1.82) is 0 Å². The zero-order valence-electron chi connectivity index (χ0n) is 21.0. The van der Waals surface area contributed by atoms with E-state index >= 15 is 0 Å². The minimum atomic E-state index is -4.58. The van der Waals surface area contributed by atoms with Crippen molar-refractivity contribution in [3.05, 3.63) is 95.8 Å². The average Bonchev–Trinajstić information content (AvgIpc) is 3.42. The third kappa shape index (κ3) is 6.09. The summed E-state index contributed by atoms with van der Waals surface area (Å²) in [7, 11) is 0. The third-order valence-electron chi connectivity index (χ3n) is 6.66. The fraction of sp³-hybridized carbons (Fsp3) is 0.286. The number of carbonyl (C=O) groups excluding carboxylic acids is 1. The molecule has 0 amide bonds. The molecule has 2 aromatic heterocycles. The second kappa shape index (κ2) is 10.5. The molecule has 0 saturated heterocycles. The normalized spacial score (nSPS) is 19.5. The molecule has 2 aromatic carbocycles. The molecule has 0 bridgehead atoms. The van der Waals surface area contributed by atoms with Crippen molar-refractivity contribution in [2.45, 2.75) is 50.5 Å². The SMILES string of the molecule is Cc1cc(Nc2nccc(C(F)(F)F)n2)cc(-n2cnc([C@]3(O)CC[C@@H](OC(=O)c4ccccc4)CC3)c2)c1. The third-order valence-corrected chi connectivity index (χ3v) is 6.66. The van der Waals surface area contributed by atoms with Gasteiger partial charge in [-0.05, 0) is 74.6 Å². The maximum atomic E-state index is 13.0. The van der Waals surface area contributed by atoms with Crippen LogP contribution < -0.4 is 5.32 Å². The summed E-state index contributed by atoms with van der Waals surface area (Å²) in [5, 5.41) is 14.2. The molecule has 39 heavy (non-hydrogen) atoms. The lowest BCUT2D eigenvalue weighted by Crippen LogP contribution is -2.35. The van der Waals surface area contributed by atoms with Crippen molar-refractivity contribution in [3.63, 3.8) is 0 Å². The van der Waals surface area contributed by atoms with Gasteiger partial charge in [0.05, 0.1) is 17.6 Å². The molecule has 0 unspecified atom stereocenters. The van der Waals surface area contributed by atoms with Crippen molar-refractivity contribution in [1.82, 2.24) is 19.5 Å². The highest BCUT2D eigenvalue weighted by Crippen LogP contribution is 2.38. The number of hydrogen-bond donors (Lipinski definition) is 2. The second-order valence-corrected chi connectivity index (χ2v) is 9.61. The Bertz CT molecular complexity index is 1460. The molecular weight excluding hydrogens is 511 g/mol. The molecule has 0 atom stereocenters. The van der Waals surface area contributed by atoms with Gasteiger partial charge in [0, 0.05) is 23.8 Å². The Hall–Kier alpha value is -4.25. The molecule has 2 heterocycles. The summed E-state index contributed by atoms with van der Waals surface area (Å²) in [6.45, 7) is 1.85. The summed E-state index contributed by atoms with van der Waals surface area (Å²) in [6, 6.07) is 15.0. The number of benzene rings is 2. The van der Waals surface area contributed by atoms with E-state index in [0.29, 0.717) is 48.3 Å². The van der Waals surface area contributed by atoms with Crippen LogP contribution in [0, 0.1) is 6.92 Å². The average molecular weight is 538 g/mol. The number of nitrogens with one attached hydrogen (secondary N) is 1. The highest BCUT2D eigenvalue weighted by atomic mass is 19.4. The summed E-state index contributed by atoms with van der Waals surface area (Å²) >= 11 is 0. The van der Waals surface area contributed by atoms with Gasteiger partial charge in [-0.25, -0.2) is 19.7 Å². The first-order valence-corrected chi connectivity index (χ1v) is 12.4. The summed E-state index contributed by atoms with van der Waals surface area (Å²) in [6.07, 6.45) is 1.25. The quantitative estimate of drug-likeness (QED) is 0.303. The van der Waals surface area contributed by atoms with Gasteiger partial charge < -0.3 is 19.7 Å². The van der Waals surface area contributed by atoms with Crippen LogP contribution in [-0.4, -0.2) is 36.7 Å². The lowest BCUT2D eigenvalue weighted by atomic mass is 9.81. The van der Waals surface area contributed by atoms with E-state index < -0.39 is 17.5 Å². The number of anilines is 2. The Morgan fingerprint density at radius 3 is 2.56 bits per heavy atom. The Labute approximate surface area is 222 Å². The molecule has 0 aliphatic heterocycles. The van der Waals surface area contributed by atoms with Crippen LogP contribution in [0.25, 0.3) is 5.69 Å². The fourth-order valence-electron chi connectivity index (χ4n) is 4.63. The van der Waals surface area contributed by atoms with E-state index in [4.69, 9.17) is 4.74 Å². The number of ether oxygens (including phenoxy) is 1. The molecule has 0 radical (unpaired) electrons. The van der Waals surface area contributed by atoms with Gasteiger partial charge in [0.1, 0.15) is 17.4 Å². The number of aliphatic hydroxyl groups is 1. The van der Waals surface area contributed by atoms with Crippen LogP contribution in [0.3, 0.4) is 0 Å². The zero-order valence-corrected chi connectivity index (χ0v) is 21.0. The topological polar surface area (TPSA) is 102 Å². The van der Waals surface area contributed by atoms with Crippen LogP contribution in [0.15, 0.2) is 73.3 Å². The standard InChI is InChI=1S/C28H26F3N5O3/c1-18-13-20(34-26-32-12-9-23(35-26)28(29,30)31)15-21(14-18)36-16-24(33-17-36)27(38)10-7-22(8-11-27)39-25(37)19-5-3-2-4-6-19/h2-6,9,12-17,22,38H,7-8,10-11H2,1H3,(H,32,34,35)/t22-,27+. The van der Waals surface area contributed by atoms with E-state index in [1.807, 2.05) is 19.1 Å². The van der Waals surface area contributed by atoms with Crippen LogP contribution in [0.2, 0.25) is 0 Å². The van der Waals surface area contributed by atoms with Crippen LogP contribution in [0.4, 0.5) is 24.8 Å². The Kier molecular flexibility index (Phi) is 7.09. The van der Waals surface area contributed by atoms with E-state index in [2.05, 4.69) is 20.3 Å². The highest BCUT2D eigenvalue weighted by molar-refractivity contribution is 5.89. The van der Waals surface area contributed by atoms with Crippen molar-refractivity contribution in [2.75, 3.05) is 5.32 Å². The van der Waals surface area contributed by atoms with Crippen LogP contribution >= 0.6 is 0 Å². The van der Waals surface area contributed by atoms with E-state index in [-0.39, 0.29) is 18.0 Å². The maximum Gasteiger partial charge on any atom is 0.433 e. The first-order valence-electron chi connectivity index (χ1n) is 12.4. The molecule has 202 valence electrons. The zero-order chi connectivity index (χ0) is 27.6. The number of esters is 1. The van der Waals surface area contributed by atoms with E-state index in [1.165, 1.54) is 0 Å². The molecule has 0 spiro atoms. The number of aryl methyl sites for hydroxylation is 1. The van der Waals surface area contributed by atoms with Crippen molar-refractivity contribution < 1.29 is 27.8 Å². The van der Waals surface area contributed by atoms with Crippen molar-refractivity contribution in [2.24, 2.45) is 0 Å². The number of rotatable bonds is 6. The van der Waals surface area contributed by atoms with Gasteiger partial charge in [0.25, 0.3) is 0 Å². The summed E-state index contributed by atoms with van der Waals surface area (Å²) in [5.74, 6) is -0.554. The van der Waals surface area contributed by atoms with Crippen LogP contribution in [0.5, 0.6) is 0 Å². The number of hydrogen-bond acceptors (Lipinski definition) is 7. The predicted octanol–water partition coefficient (Wildman–Crippen LogP) is 5.72. The molecule has 1 aliphatic rings. The van der Waals surface area contributed by atoms with Gasteiger partial charge in [-0.1, -0.05) is 18.2 Å². The maximum absolute atomic E-state index is 13.0. The molecule has 2 N–H and O–H groups in total. The number of carbonyl (C=O) groups is 1. The van der Waals surface area contributed by atoms with Gasteiger partial charge in [-0.2, -0.15) is 13.2 Å². The highest BCUT2D eigenvalue weighted by Gasteiger charge is 2.38. The summed E-state index contributed by atoms with van der Waals surface area (Å²) in [5.41, 5.74) is 0.812. The number of nitrogens with zero attached hydrogens (tertiary/aromatic N) is 4. The lowest BCUT2D eigenvalue weighted by Gasteiger charge is -2.34. The molecule has 1 aliphatic carbocycles. The number of alkyl halides is 3. The molecular formula is C28H26F3N5O3. The number of halogens is 3. The fourth-order valence-corrected chi connectivity index (χ4v) is 4.63. The smallest absolute Gasteiger partial charge is 0.433 e. The van der Waals surface area contributed by atoms with E-state index in [9.17, 15) is 23.1 Å². The minimum Gasteiger partial charge on any atom is -0.459 e. The van der Waals surface area contributed by atoms with Crippen molar-refractivity contribution >= 4 is 17.6 Å². The lowest BCUT2D eigenvalue weighted by molar-refractivity contribution is -0.141. The van der Waals surface area contributed by atoms with Gasteiger partial charge in [0.15, 0.2) is 0 Å². The second-order valence-electron chi connectivity index (χ2n) is 9.61. The van der Waals surface area contributed by atoms with Crippen molar-refractivity contribution in [3.8, 4) is 5.69 Å². The van der Waals surface area contributed by atoms with Gasteiger partial charge >= 0.3 is 12.1 Å². The molecule has 4 aromatic rings. The van der Waals surface area contributed by atoms with Crippen LogP contribution in [0.1, 0.15) is 53.0 Å². The monoisotopic (exact) mass is 537 g/mol. The van der Waals surface area contributed by atoms with Gasteiger partial charge in [-0.3, -0.25) is 0 Å². The van der Waals surface area contributed by atoms with E-state index in [0.717, 1.165) is 17.8 Å². The molecule has 8 nitrogen and oxygen atoms in total. The van der Waals surface area contributed by atoms with Gasteiger partial charge in [-0.15, -0.1) is 0 Å².